The number of carboxylic acid groups (broad SMARTS) is 1. The fourth-order valence-electron chi connectivity index (χ4n) is 2.97. The minimum atomic E-state index is -1.06. The Morgan fingerprint density at radius 1 is 0.967 bits per heavy atom. The number of ketones is 1. The molecule has 8 heteroatoms. The number of hydrogen-bond acceptors (Lipinski definition) is 6. The number of Topliss-reactive ketones (excluding diaryl/α,β-unsaturated/α-hetero) is 1. The van der Waals surface area contributed by atoms with Gasteiger partial charge >= 0.3 is 5.97 Å². The Bertz CT molecular complexity index is 1080. The van der Waals surface area contributed by atoms with Crippen molar-refractivity contribution in [3.05, 3.63) is 99.6 Å². The van der Waals surface area contributed by atoms with Gasteiger partial charge in [-0.3, -0.25) is 14.9 Å². The number of nitro benzene ring substituents is 1. The van der Waals surface area contributed by atoms with Crippen LogP contribution in [-0.2, 0) is 0 Å². The molecular weight excluding hydrogens is 388 g/mol. The summed E-state index contributed by atoms with van der Waals surface area (Å²) in [5.41, 5.74) is 1.52. The summed E-state index contributed by atoms with van der Waals surface area (Å²) in [4.78, 5) is 34.4. The largest absolute Gasteiger partial charge is 0.508 e. The number of phenolic OH excluding ortho intramolecular Hbond substituents is 1. The molecular formula is C22H18N2O6. The fourth-order valence-corrected chi connectivity index (χ4v) is 2.97. The first-order valence-corrected chi connectivity index (χ1v) is 9.00. The average Bonchev–Trinajstić information content (AvgIpc) is 2.74. The molecule has 1 atom stereocenters. The van der Waals surface area contributed by atoms with Gasteiger partial charge in [0.25, 0.3) is 5.69 Å². The summed E-state index contributed by atoms with van der Waals surface area (Å²) < 4.78 is 0. The van der Waals surface area contributed by atoms with Gasteiger partial charge in [0.15, 0.2) is 5.78 Å². The van der Waals surface area contributed by atoms with E-state index in [1.54, 1.807) is 24.3 Å². The van der Waals surface area contributed by atoms with Crippen molar-refractivity contribution in [3.8, 4) is 5.75 Å². The summed E-state index contributed by atoms with van der Waals surface area (Å²) in [5.74, 6) is -1.24. The molecule has 0 heterocycles. The number of nitro groups is 1. The first-order chi connectivity index (χ1) is 14.3. The summed E-state index contributed by atoms with van der Waals surface area (Å²) in [6.07, 6.45) is -0.00732. The van der Waals surface area contributed by atoms with Gasteiger partial charge in [-0.1, -0.05) is 12.1 Å². The van der Waals surface area contributed by atoms with E-state index in [-0.39, 0.29) is 29.2 Å². The molecule has 3 aromatic rings. The van der Waals surface area contributed by atoms with Crippen molar-refractivity contribution < 1.29 is 24.7 Å². The van der Waals surface area contributed by atoms with E-state index in [9.17, 15) is 24.8 Å². The quantitative estimate of drug-likeness (QED) is 0.287. The summed E-state index contributed by atoms with van der Waals surface area (Å²) in [6.45, 7) is 0. The number of non-ortho nitro benzene ring substituents is 1. The Balaban J connectivity index is 1.90. The molecule has 3 rings (SSSR count). The minimum Gasteiger partial charge on any atom is -0.508 e. The zero-order valence-corrected chi connectivity index (χ0v) is 15.7. The van der Waals surface area contributed by atoms with E-state index in [2.05, 4.69) is 5.32 Å². The first kappa shape index (κ1) is 20.5. The lowest BCUT2D eigenvalue weighted by Crippen LogP contribution is -2.16. The van der Waals surface area contributed by atoms with Crippen LogP contribution < -0.4 is 5.32 Å². The number of hydrogen-bond donors (Lipinski definition) is 3. The van der Waals surface area contributed by atoms with Crippen molar-refractivity contribution in [1.82, 2.24) is 0 Å². The summed E-state index contributed by atoms with van der Waals surface area (Å²) >= 11 is 0. The lowest BCUT2D eigenvalue weighted by molar-refractivity contribution is -0.384. The van der Waals surface area contributed by atoms with Crippen LogP contribution in [0.5, 0.6) is 5.75 Å². The van der Waals surface area contributed by atoms with Gasteiger partial charge in [0.2, 0.25) is 0 Å². The highest BCUT2D eigenvalue weighted by molar-refractivity contribution is 5.96. The summed E-state index contributed by atoms with van der Waals surface area (Å²) in [6, 6.07) is 17.2. The Labute approximate surface area is 171 Å². The van der Waals surface area contributed by atoms with E-state index < -0.39 is 16.9 Å². The van der Waals surface area contributed by atoms with Gasteiger partial charge < -0.3 is 15.5 Å². The lowest BCUT2D eigenvalue weighted by Gasteiger charge is -2.20. The maximum Gasteiger partial charge on any atom is 0.335 e. The highest BCUT2D eigenvalue weighted by atomic mass is 16.6. The summed E-state index contributed by atoms with van der Waals surface area (Å²) in [5, 5.41) is 32.7. The number of carbonyl (C=O) groups excluding carboxylic acids is 1. The Morgan fingerprint density at radius 2 is 1.60 bits per heavy atom. The van der Waals surface area contributed by atoms with Gasteiger partial charge in [-0.25, -0.2) is 4.79 Å². The third kappa shape index (κ3) is 4.99. The van der Waals surface area contributed by atoms with Crippen LogP contribution in [-0.4, -0.2) is 26.9 Å². The number of aromatic hydroxyl groups is 1. The molecule has 3 N–H and O–H groups in total. The molecule has 0 aliphatic rings. The maximum atomic E-state index is 12.8. The van der Waals surface area contributed by atoms with E-state index >= 15 is 0 Å². The van der Waals surface area contributed by atoms with Gasteiger partial charge in [-0.2, -0.15) is 0 Å². The van der Waals surface area contributed by atoms with Gasteiger partial charge in [0, 0.05) is 29.8 Å². The highest BCUT2D eigenvalue weighted by Crippen LogP contribution is 2.27. The van der Waals surface area contributed by atoms with Gasteiger partial charge in [-0.15, -0.1) is 0 Å². The van der Waals surface area contributed by atoms with Crippen molar-refractivity contribution >= 4 is 23.1 Å². The normalized spacial score (nSPS) is 11.5. The zero-order chi connectivity index (χ0) is 21.7. The van der Waals surface area contributed by atoms with Crippen LogP contribution in [0, 0.1) is 10.1 Å². The molecule has 1 unspecified atom stereocenters. The number of phenols is 1. The molecule has 0 aromatic heterocycles. The van der Waals surface area contributed by atoms with Crippen LogP contribution in [0.25, 0.3) is 0 Å². The van der Waals surface area contributed by atoms with E-state index in [0.29, 0.717) is 16.8 Å². The topological polar surface area (TPSA) is 130 Å². The third-order valence-electron chi connectivity index (χ3n) is 4.53. The zero-order valence-electron chi connectivity index (χ0n) is 15.7. The molecule has 0 aliphatic carbocycles. The van der Waals surface area contributed by atoms with Crippen LogP contribution in [0.15, 0.2) is 72.8 Å². The van der Waals surface area contributed by atoms with E-state index in [1.165, 1.54) is 48.5 Å². The highest BCUT2D eigenvalue weighted by Gasteiger charge is 2.20. The fraction of sp³-hybridized carbons (Fsp3) is 0.0909. The van der Waals surface area contributed by atoms with Gasteiger partial charge in [0.1, 0.15) is 5.75 Å². The number of carboxylic acids is 1. The van der Waals surface area contributed by atoms with E-state index in [1.807, 2.05) is 0 Å². The number of rotatable bonds is 8. The van der Waals surface area contributed by atoms with Crippen molar-refractivity contribution in [2.75, 3.05) is 5.32 Å². The van der Waals surface area contributed by atoms with Crippen molar-refractivity contribution in [3.63, 3.8) is 0 Å². The molecule has 0 bridgehead atoms. The van der Waals surface area contributed by atoms with Crippen molar-refractivity contribution in [2.45, 2.75) is 12.5 Å². The second-order valence-corrected chi connectivity index (χ2v) is 6.61. The second kappa shape index (κ2) is 8.87. The number of nitrogens with zero attached hydrogens (tertiary/aromatic N) is 1. The number of nitrogens with one attached hydrogen (secondary N) is 1. The van der Waals surface area contributed by atoms with Crippen LogP contribution in [0.1, 0.15) is 38.7 Å². The molecule has 152 valence electrons. The Hall–Kier alpha value is -4.20. The Morgan fingerprint density at radius 3 is 2.20 bits per heavy atom. The SMILES string of the molecule is O=C(O)c1ccc(NC(CC(=O)c2ccc(O)cc2)c2cccc([N+](=O)[O-])c2)cc1. The Kier molecular flexibility index (Phi) is 6.07. The van der Waals surface area contributed by atoms with Crippen LogP contribution in [0.4, 0.5) is 11.4 Å². The van der Waals surface area contributed by atoms with Crippen LogP contribution >= 0.6 is 0 Å². The van der Waals surface area contributed by atoms with Gasteiger partial charge in [-0.05, 0) is 54.1 Å². The maximum absolute atomic E-state index is 12.8. The number of carbonyl (C=O) groups is 2. The molecule has 8 nitrogen and oxygen atoms in total. The number of benzene rings is 3. The monoisotopic (exact) mass is 406 g/mol. The molecule has 0 amide bonds. The van der Waals surface area contributed by atoms with E-state index in [0.717, 1.165) is 0 Å². The molecule has 0 saturated carbocycles. The van der Waals surface area contributed by atoms with E-state index in [4.69, 9.17) is 5.11 Å². The molecule has 0 fully saturated rings. The first-order valence-electron chi connectivity index (χ1n) is 9.00. The summed E-state index contributed by atoms with van der Waals surface area (Å²) in [7, 11) is 0. The minimum absolute atomic E-state index is 0.00732. The predicted octanol–water partition coefficient (Wildman–Crippen LogP) is 4.42. The molecule has 30 heavy (non-hydrogen) atoms. The molecule has 3 aromatic carbocycles. The second-order valence-electron chi connectivity index (χ2n) is 6.61. The van der Waals surface area contributed by atoms with Gasteiger partial charge in [0.05, 0.1) is 16.5 Å². The number of aromatic carboxylic acids is 1. The van der Waals surface area contributed by atoms with Crippen LogP contribution in [0.2, 0.25) is 0 Å². The van der Waals surface area contributed by atoms with Crippen LogP contribution in [0.3, 0.4) is 0 Å². The molecule has 0 aliphatic heterocycles. The number of anilines is 1. The predicted molar refractivity (Wildman–Crippen MR) is 110 cm³/mol. The third-order valence-corrected chi connectivity index (χ3v) is 4.53. The smallest absolute Gasteiger partial charge is 0.335 e. The van der Waals surface area contributed by atoms with Crippen molar-refractivity contribution in [2.24, 2.45) is 0 Å². The average molecular weight is 406 g/mol. The molecule has 0 spiro atoms. The van der Waals surface area contributed by atoms with Crippen molar-refractivity contribution in [1.29, 1.82) is 0 Å². The molecule has 0 saturated heterocycles. The lowest BCUT2D eigenvalue weighted by atomic mass is 9.97. The standard InChI is InChI=1S/C22H18N2O6/c25-19-10-6-14(7-11-19)21(26)13-20(16-2-1-3-18(12-16)24(29)30)23-17-8-4-15(5-9-17)22(27)28/h1-12,20,23,25H,13H2,(H,27,28). The molecule has 0 radical (unpaired) electrons.